The number of carbonyl (C=O) groups excluding carboxylic acids is 5. The quantitative estimate of drug-likeness (QED) is 0.115. The van der Waals surface area contributed by atoms with E-state index in [-0.39, 0.29) is 41.1 Å². The number of aryl methyl sites for hydroxylation is 2. The first kappa shape index (κ1) is 66.6. The van der Waals surface area contributed by atoms with E-state index < -0.39 is 5.97 Å². The maximum absolute atomic E-state index is 13.1. The molecule has 8 aromatic carbocycles. The van der Waals surface area contributed by atoms with Gasteiger partial charge in [0.1, 0.15) is 0 Å². The van der Waals surface area contributed by atoms with Gasteiger partial charge in [-0.2, -0.15) is 19.2 Å². The fourth-order valence-electron chi connectivity index (χ4n) is 10.3. The Morgan fingerprint density at radius 2 is 0.977 bits per heavy atom. The minimum absolute atomic E-state index is 0.0618. The van der Waals surface area contributed by atoms with E-state index in [0.29, 0.717) is 11.1 Å². The zero-order valence-corrected chi connectivity index (χ0v) is 53.8. The third-order valence-corrected chi connectivity index (χ3v) is 16.1. The number of carbonyl (C=O) groups is 2. The van der Waals surface area contributed by atoms with E-state index in [2.05, 4.69) is 218 Å². The van der Waals surface area contributed by atoms with Gasteiger partial charge in [-0.15, -0.1) is 0 Å². The maximum Gasteiger partial charge on any atom is 0.373 e. The summed E-state index contributed by atoms with van der Waals surface area (Å²) in [7, 11) is 0. The van der Waals surface area contributed by atoms with Gasteiger partial charge in [0.25, 0.3) is 5.91 Å². The lowest BCUT2D eigenvalue weighted by molar-refractivity contribution is -0.193. The molecule has 0 aliphatic rings. The summed E-state index contributed by atoms with van der Waals surface area (Å²) >= 11 is 6.83. The number of rotatable bonds is 11. The number of carboxylic acid groups (broad SMARTS) is 1. The number of carboxylic acids is 1. The normalized spacial score (nSPS) is 11.6. The minimum Gasteiger partial charge on any atom is -0.478 e. The molecule has 0 radical (unpaired) electrons. The first-order valence-corrected chi connectivity index (χ1v) is 29.7. The highest BCUT2D eigenvalue weighted by Crippen LogP contribution is 2.36. The van der Waals surface area contributed by atoms with E-state index in [0.717, 1.165) is 55.1 Å². The predicted octanol–water partition coefficient (Wildman–Crippen LogP) is 17.5. The Balaban J connectivity index is 0.000000224. The van der Waals surface area contributed by atoms with Crippen molar-refractivity contribution in [1.82, 2.24) is 14.5 Å². The van der Waals surface area contributed by atoms with E-state index in [4.69, 9.17) is 24.9 Å². The van der Waals surface area contributed by atoms with Gasteiger partial charge in [-0.05, 0) is 173 Å². The largest absolute Gasteiger partial charge is 0.478 e. The third-order valence-electron chi connectivity index (χ3n) is 15.1. The number of benzene rings is 8. The molecule has 10 aromatic rings. The molecule has 11 nitrogen and oxygen atoms in total. The average molecular weight is 1280 g/mol. The third kappa shape index (κ3) is 17.3. The summed E-state index contributed by atoms with van der Waals surface area (Å²) in [6.07, 6.45) is 0.500. The van der Waals surface area contributed by atoms with E-state index in [1.54, 1.807) is 12.1 Å². The summed E-state index contributed by atoms with van der Waals surface area (Å²) in [5.74, 6) is -0.957. The van der Waals surface area contributed by atoms with Crippen LogP contribution in [0.5, 0.6) is 0 Å². The lowest BCUT2D eigenvalue weighted by Gasteiger charge is -2.23. The second-order valence-corrected chi connectivity index (χ2v) is 25.0. The Labute approximate surface area is 521 Å². The van der Waals surface area contributed by atoms with Crippen LogP contribution in [-0.2, 0) is 43.1 Å². The van der Waals surface area contributed by atoms with Crippen molar-refractivity contribution in [3.05, 3.63) is 258 Å². The van der Waals surface area contributed by atoms with Crippen molar-refractivity contribution >= 4 is 77.8 Å². The molecule has 0 unspecified atom stereocenters. The number of aromatic carboxylic acids is 1. The molecule has 10 rings (SSSR count). The van der Waals surface area contributed by atoms with Crippen LogP contribution in [-0.4, -0.2) is 38.4 Å². The number of hydrogen-bond donors (Lipinski definition) is 3. The zero-order valence-electron chi connectivity index (χ0n) is 50.6. The van der Waals surface area contributed by atoms with Crippen LogP contribution >= 0.6 is 31.9 Å². The molecule has 442 valence electrons. The van der Waals surface area contributed by atoms with E-state index in [9.17, 15) is 14.7 Å². The molecule has 2 heterocycles. The number of nitrogens with zero attached hydrogens (tertiary/aromatic N) is 2. The van der Waals surface area contributed by atoms with Gasteiger partial charge >= 0.3 is 18.3 Å². The van der Waals surface area contributed by atoms with Crippen molar-refractivity contribution < 1.29 is 33.9 Å². The fourth-order valence-corrected chi connectivity index (χ4v) is 10.9. The van der Waals surface area contributed by atoms with Crippen LogP contribution in [0.15, 0.2) is 197 Å². The summed E-state index contributed by atoms with van der Waals surface area (Å²) in [6, 6.07) is 64.6. The van der Waals surface area contributed by atoms with Gasteiger partial charge in [0.2, 0.25) is 0 Å². The molecule has 86 heavy (non-hydrogen) atoms. The van der Waals surface area contributed by atoms with Crippen molar-refractivity contribution in [1.29, 1.82) is 0 Å². The Bertz CT molecular complexity index is 3990. The van der Waals surface area contributed by atoms with Gasteiger partial charge in [-0.1, -0.05) is 195 Å². The van der Waals surface area contributed by atoms with Crippen molar-refractivity contribution in [2.75, 3.05) is 0 Å². The van der Waals surface area contributed by atoms with Gasteiger partial charge in [0.05, 0.1) is 11.6 Å². The monoisotopic (exact) mass is 1280 g/mol. The molecule has 0 saturated heterocycles. The second kappa shape index (κ2) is 30.0. The fraction of sp³-hybridized carbons (Fsp3) is 0.233. The first-order chi connectivity index (χ1) is 40.8. The summed E-state index contributed by atoms with van der Waals surface area (Å²) in [6.45, 7) is 25.4. The topological polar surface area (TPSA) is 171 Å². The van der Waals surface area contributed by atoms with Gasteiger partial charge in [0, 0.05) is 66.8 Å². The molecular formula is C73H74Br2N4O7. The summed E-state index contributed by atoms with van der Waals surface area (Å²) < 4.78 is 6.71. The van der Waals surface area contributed by atoms with E-state index >= 15 is 0 Å². The Kier molecular flexibility index (Phi) is 23.2. The number of amides is 1. The van der Waals surface area contributed by atoms with Crippen LogP contribution in [0.1, 0.15) is 139 Å². The Morgan fingerprint density at radius 1 is 0.547 bits per heavy atom. The molecule has 2 atom stereocenters. The van der Waals surface area contributed by atoms with Gasteiger partial charge in [-0.3, -0.25) is 4.79 Å². The van der Waals surface area contributed by atoms with Crippen molar-refractivity contribution in [3.8, 4) is 22.3 Å². The molecular weight excluding hydrogens is 1200 g/mol. The summed E-state index contributed by atoms with van der Waals surface area (Å²) in [4.78, 5) is 56.9. The minimum atomic E-state index is -0.895. The first-order valence-electron chi connectivity index (χ1n) is 28.2. The molecule has 0 aliphatic carbocycles. The zero-order chi connectivity index (χ0) is 63.0. The summed E-state index contributed by atoms with van der Waals surface area (Å²) in [5, 5.41) is 14.5. The van der Waals surface area contributed by atoms with Gasteiger partial charge in [-0.25, -0.2) is 4.79 Å². The van der Waals surface area contributed by atoms with Crippen molar-refractivity contribution in [2.24, 2.45) is 5.73 Å². The molecule has 2 aromatic heterocycles. The molecule has 1 amide bonds. The van der Waals surface area contributed by atoms with Gasteiger partial charge < -0.3 is 25.3 Å². The number of aromatic nitrogens is 2. The van der Waals surface area contributed by atoms with Crippen LogP contribution in [0.4, 0.5) is 0 Å². The highest BCUT2D eigenvalue weighted by atomic mass is 79.9. The lowest BCUT2D eigenvalue weighted by Crippen LogP contribution is -2.26. The van der Waals surface area contributed by atoms with Crippen LogP contribution in [0.2, 0.25) is 0 Å². The van der Waals surface area contributed by atoms with Crippen molar-refractivity contribution in [3.63, 3.8) is 0 Å². The molecule has 0 spiro atoms. The lowest BCUT2D eigenvalue weighted by atomic mass is 9.82. The molecule has 0 saturated carbocycles. The standard InChI is InChI=1S/C36H37BrN2O.C27H27NO2.C8H10BrN.2CO2/c1-23-25(3)39(22-26-11-13-28(14-12-26)31-9-7-8-10-33(31)36(4,5)6)34-20-17-29(21-32(23)34)35(40)38-24(2)27-15-18-30(37)19-16-27;1-18-15-22-16-21(26(29)30)13-14-25(22)28(18)17-19-9-11-20(12-10-19)23-7-5-6-8-24(23)27(2,3)4;1-6(10)7-2-4-8(9)5-3-7;2*2-1-3/h7-21,24H,22H2,1-6H3,(H,38,40);5-16H,17H2,1-4H3,(H,29,30);2-6H,10H2,1H3;;/t24-;;6-;;/m0.0../s1. The average Bonchev–Trinajstić information content (AvgIpc) is 2.98. The Hall–Kier alpha value is -8.54. The summed E-state index contributed by atoms with van der Waals surface area (Å²) in [5.41, 5.74) is 25.0. The van der Waals surface area contributed by atoms with E-state index in [1.165, 1.54) is 61.3 Å². The van der Waals surface area contributed by atoms with Gasteiger partial charge in [0.15, 0.2) is 0 Å². The van der Waals surface area contributed by atoms with Crippen molar-refractivity contribution in [2.45, 2.75) is 112 Å². The predicted molar refractivity (Wildman–Crippen MR) is 351 cm³/mol. The Morgan fingerprint density at radius 3 is 1.43 bits per heavy atom. The van der Waals surface area contributed by atoms with E-state index in [1.807, 2.05) is 80.6 Å². The molecule has 0 fully saturated rings. The highest BCUT2D eigenvalue weighted by molar-refractivity contribution is 9.10. The molecule has 0 aliphatic heterocycles. The highest BCUT2D eigenvalue weighted by Gasteiger charge is 2.21. The van der Waals surface area contributed by atoms with Crippen LogP contribution < -0.4 is 11.1 Å². The molecule has 4 N–H and O–H groups in total. The second-order valence-electron chi connectivity index (χ2n) is 23.2. The molecule has 13 heteroatoms. The smallest absolute Gasteiger partial charge is 0.373 e. The molecule has 0 bridgehead atoms. The maximum atomic E-state index is 13.1. The SMILES string of the molecule is C[C@H](N)c1ccc(Br)cc1.Cc1c(C)n(Cc2ccc(-c3ccccc3C(C)(C)C)cc2)c2ccc(C(=O)N[C@@H](C)c3ccc(Br)cc3)cc12.Cc1cc2cc(C(=O)O)ccc2n1Cc1ccc(-c2ccccc2C(C)(C)C)cc1.O=C=O.O=C=O. The number of hydrogen-bond acceptors (Lipinski definition) is 7. The number of halogens is 2. The van der Waals surface area contributed by atoms with Crippen LogP contribution in [0.3, 0.4) is 0 Å². The van der Waals surface area contributed by atoms with Crippen LogP contribution in [0, 0.1) is 20.8 Å². The number of nitrogens with one attached hydrogen (secondary N) is 1. The van der Waals surface area contributed by atoms with Crippen LogP contribution in [0.25, 0.3) is 44.1 Å². The number of nitrogens with two attached hydrogens (primary N) is 1. The number of fused-ring (bicyclic) bond motifs is 2.